The van der Waals surface area contributed by atoms with Gasteiger partial charge in [-0.15, -0.1) is 0 Å². The molecule has 0 unspecified atom stereocenters. The molecular formula is C13H19NO2S. The number of rotatable bonds is 2. The number of hydrogen-bond acceptors (Lipinski definition) is 2. The molecule has 0 spiro atoms. The quantitative estimate of drug-likeness (QED) is 0.881. The summed E-state index contributed by atoms with van der Waals surface area (Å²) < 4.78 is 22.7. The molecule has 17 heavy (non-hydrogen) atoms. The van der Waals surface area contributed by atoms with E-state index in [9.17, 15) is 8.42 Å². The molecule has 0 aliphatic heterocycles. The van der Waals surface area contributed by atoms with E-state index in [1.165, 1.54) is 24.8 Å². The van der Waals surface area contributed by atoms with Crippen molar-refractivity contribution in [2.75, 3.05) is 0 Å². The van der Waals surface area contributed by atoms with Gasteiger partial charge in [0.1, 0.15) is 0 Å². The molecule has 2 rings (SSSR count). The minimum Gasteiger partial charge on any atom is -0.225 e. The van der Waals surface area contributed by atoms with Crippen molar-refractivity contribution in [3.63, 3.8) is 0 Å². The molecule has 0 radical (unpaired) electrons. The van der Waals surface area contributed by atoms with Crippen LogP contribution in [0.1, 0.15) is 49.1 Å². The Bertz CT molecular complexity index is 502. The predicted octanol–water partition coefficient (Wildman–Crippen LogP) is 2.69. The van der Waals surface area contributed by atoms with Crippen molar-refractivity contribution >= 4 is 10.0 Å². The molecule has 0 aromatic heterocycles. The summed E-state index contributed by atoms with van der Waals surface area (Å²) in [7, 11) is -3.58. The Hall–Kier alpha value is -0.870. The Labute approximate surface area is 103 Å². The Kier molecular flexibility index (Phi) is 3.54. The zero-order valence-corrected chi connectivity index (χ0v) is 11.0. The topological polar surface area (TPSA) is 60.2 Å². The van der Waals surface area contributed by atoms with Gasteiger partial charge in [-0.3, -0.25) is 0 Å². The van der Waals surface area contributed by atoms with Gasteiger partial charge in [-0.2, -0.15) is 0 Å². The van der Waals surface area contributed by atoms with Gasteiger partial charge < -0.3 is 0 Å². The van der Waals surface area contributed by atoms with E-state index in [4.69, 9.17) is 5.14 Å². The highest BCUT2D eigenvalue weighted by atomic mass is 32.2. The van der Waals surface area contributed by atoms with Crippen molar-refractivity contribution in [2.45, 2.75) is 49.8 Å². The van der Waals surface area contributed by atoms with Gasteiger partial charge in [-0.25, -0.2) is 13.6 Å². The Balaban J connectivity index is 2.38. The van der Waals surface area contributed by atoms with Crippen LogP contribution in [0.2, 0.25) is 0 Å². The second-order valence-electron chi connectivity index (χ2n) is 4.90. The molecule has 1 aromatic carbocycles. The first-order chi connectivity index (χ1) is 7.98. The van der Waals surface area contributed by atoms with E-state index < -0.39 is 10.0 Å². The van der Waals surface area contributed by atoms with Crippen LogP contribution < -0.4 is 5.14 Å². The maximum atomic E-state index is 11.4. The SMILES string of the molecule is Cc1ccc(S(N)(=O)=O)cc1C1CCCCC1. The molecule has 94 valence electrons. The predicted molar refractivity (Wildman–Crippen MR) is 68.4 cm³/mol. The highest BCUT2D eigenvalue weighted by Gasteiger charge is 2.19. The highest BCUT2D eigenvalue weighted by Crippen LogP contribution is 2.35. The van der Waals surface area contributed by atoms with Crippen LogP contribution in [0.5, 0.6) is 0 Å². The molecule has 0 saturated heterocycles. The van der Waals surface area contributed by atoms with Gasteiger partial charge in [-0.1, -0.05) is 25.3 Å². The molecule has 3 nitrogen and oxygen atoms in total. The normalized spacial score (nSPS) is 18.2. The fraction of sp³-hybridized carbons (Fsp3) is 0.538. The van der Waals surface area contributed by atoms with Gasteiger partial charge >= 0.3 is 0 Å². The third-order valence-corrected chi connectivity index (χ3v) is 4.54. The zero-order chi connectivity index (χ0) is 12.5. The van der Waals surface area contributed by atoms with Crippen molar-refractivity contribution in [1.29, 1.82) is 0 Å². The summed E-state index contributed by atoms with van der Waals surface area (Å²) in [5.41, 5.74) is 2.33. The summed E-state index contributed by atoms with van der Waals surface area (Å²) in [6, 6.07) is 5.22. The van der Waals surface area contributed by atoms with Crippen LogP contribution in [0, 0.1) is 6.92 Å². The van der Waals surface area contributed by atoms with E-state index in [0.717, 1.165) is 18.4 Å². The second-order valence-corrected chi connectivity index (χ2v) is 6.46. The largest absolute Gasteiger partial charge is 0.238 e. The van der Waals surface area contributed by atoms with Gasteiger partial charge in [0.15, 0.2) is 0 Å². The lowest BCUT2D eigenvalue weighted by molar-refractivity contribution is 0.442. The van der Waals surface area contributed by atoms with Crippen molar-refractivity contribution in [3.8, 4) is 0 Å². The third-order valence-electron chi connectivity index (χ3n) is 3.62. The molecule has 0 amide bonds. The molecule has 1 saturated carbocycles. The van der Waals surface area contributed by atoms with E-state index >= 15 is 0 Å². The van der Waals surface area contributed by atoms with E-state index in [-0.39, 0.29) is 4.90 Å². The first kappa shape index (κ1) is 12.6. The molecule has 1 aliphatic carbocycles. The van der Waals surface area contributed by atoms with Gasteiger partial charge in [-0.05, 0) is 48.9 Å². The summed E-state index contributed by atoms with van der Waals surface area (Å²) in [5, 5.41) is 5.18. The minimum absolute atomic E-state index is 0.240. The average molecular weight is 253 g/mol. The fourth-order valence-electron chi connectivity index (χ4n) is 2.65. The standard InChI is InChI=1S/C13H19NO2S/c1-10-7-8-12(17(14,15)16)9-13(10)11-5-3-2-4-6-11/h7-9,11H,2-6H2,1H3,(H2,14,15,16). The fourth-order valence-corrected chi connectivity index (χ4v) is 3.20. The Morgan fingerprint density at radius 2 is 1.82 bits per heavy atom. The van der Waals surface area contributed by atoms with Crippen LogP contribution in [0.25, 0.3) is 0 Å². The lowest BCUT2D eigenvalue weighted by Gasteiger charge is -2.24. The number of benzene rings is 1. The molecule has 0 atom stereocenters. The highest BCUT2D eigenvalue weighted by molar-refractivity contribution is 7.89. The van der Waals surface area contributed by atoms with Crippen LogP contribution in [0.4, 0.5) is 0 Å². The van der Waals surface area contributed by atoms with Gasteiger partial charge in [0, 0.05) is 0 Å². The number of hydrogen-bond donors (Lipinski definition) is 1. The summed E-state index contributed by atoms with van der Waals surface area (Å²) in [4.78, 5) is 0.240. The first-order valence-electron chi connectivity index (χ1n) is 6.12. The minimum atomic E-state index is -3.58. The van der Waals surface area contributed by atoms with Crippen molar-refractivity contribution < 1.29 is 8.42 Å². The number of aryl methyl sites for hydroxylation is 1. The lowest BCUT2D eigenvalue weighted by atomic mass is 9.82. The summed E-state index contributed by atoms with van der Waals surface area (Å²) in [6.45, 7) is 2.04. The summed E-state index contributed by atoms with van der Waals surface area (Å²) in [6.07, 6.45) is 6.10. The second kappa shape index (κ2) is 4.78. The maximum Gasteiger partial charge on any atom is 0.238 e. The van der Waals surface area contributed by atoms with E-state index in [2.05, 4.69) is 0 Å². The zero-order valence-electron chi connectivity index (χ0n) is 10.1. The van der Waals surface area contributed by atoms with E-state index in [1.54, 1.807) is 12.1 Å². The maximum absolute atomic E-state index is 11.4. The van der Waals surface area contributed by atoms with E-state index in [1.807, 2.05) is 13.0 Å². The van der Waals surface area contributed by atoms with Crippen LogP contribution in [-0.2, 0) is 10.0 Å². The molecule has 1 aliphatic rings. The van der Waals surface area contributed by atoms with Crippen LogP contribution in [-0.4, -0.2) is 8.42 Å². The lowest BCUT2D eigenvalue weighted by Crippen LogP contribution is -2.14. The molecule has 1 fully saturated rings. The van der Waals surface area contributed by atoms with Gasteiger partial charge in [0.25, 0.3) is 0 Å². The van der Waals surface area contributed by atoms with Gasteiger partial charge in [0.2, 0.25) is 10.0 Å². The third kappa shape index (κ3) is 2.87. The monoisotopic (exact) mass is 253 g/mol. The summed E-state index contributed by atoms with van der Waals surface area (Å²) in [5.74, 6) is 0.505. The smallest absolute Gasteiger partial charge is 0.225 e. The van der Waals surface area contributed by atoms with E-state index in [0.29, 0.717) is 5.92 Å². The number of sulfonamides is 1. The first-order valence-corrected chi connectivity index (χ1v) is 7.66. The molecule has 0 heterocycles. The molecule has 0 bridgehead atoms. The van der Waals surface area contributed by atoms with Crippen molar-refractivity contribution in [2.24, 2.45) is 5.14 Å². The molecule has 4 heteroatoms. The molecule has 1 aromatic rings. The van der Waals surface area contributed by atoms with Crippen LogP contribution >= 0.6 is 0 Å². The van der Waals surface area contributed by atoms with Crippen LogP contribution in [0.15, 0.2) is 23.1 Å². The summed E-state index contributed by atoms with van der Waals surface area (Å²) >= 11 is 0. The van der Waals surface area contributed by atoms with Gasteiger partial charge in [0.05, 0.1) is 4.90 Å². The van der Waals surface area contributed by atoms with Crippen LogP contribution in [0.3, 0.4) is 0 Å². The van der Waals surface area contributed by atoms with Crippen molar-refractivity contribution in [1.82, 2.24) is 0 Å². The average Bonchev–Trinajstić information content (AvgIpc) is 2.29. The molecular weight excluding hydrogens is 234 g/mol. The number of nitrogens with two attached hydrogens (primary N) is 1. The molecule has 2 N–H and O–H groups in total. The Morgan fingerprint density at radius 3 is 2.41 bits per heavy atom. The Morgan fingerprint density at radius 1 is 1.18 bits per heavy atom. The van der Waals surface area contributed by atoms with Crippen molar-refractivity contribution in [3.05, 3.63) is 29.3 Å². The number of primary sulfonamides is 1.